The van der Waals surface area contributed by atoms with Gasteiger partial charge in [-0.1, -0.05) is 24.3 Å². The molecule has 1 aromatic rings. The second kappa shape index (κ2) is 7.69. The third-order valence-electron chi connectivity index (χ3n) is 4.15. The van der Waals surface area contributed by atoms with Gasteiger partial charge in [0.25, 0.3) is 0 Å². The van der Waals surface area contributed by atoms with E-state index in [1.807, 2.05) is 37.8 Å². The van der Waals surface area contributed by atoms with Crippen molar-refractivity contribution in [2.24, 2.45) is 0 Å². The summed E-state index contributed by atoms with van der Waals surface area (Å²) in [5.74, 6) is 0.155. The van der Waals surface area contributed by atoms with Gasteiger partial charge in [-0.05, 0) is 45.2 Å². The Hall–Kier alpha value is -2.04. The van der Waals surface area contributed by atoms with Gasteiger partial charge in [-0.2, -0.15) is 0 Å². The topological polar surface area (TPSA) is 49.9 Å². The predicted octanol–water partition coefficient (Wildman–Crippen LogP) is 3.01. The molecule has 1 aliphatic heterocycles. The molecule has 1 heterocycles. The third kappa shape index (κ3) is 5.25. The molecule has 1 fully saturated rings. The molecule has 0 radical (unpaired) electrons. The van der Waals surface area contributed by atoms with E-state index in [0.29, 0.717) is 32.6 Å². The maximum absolute atomic E-state index is 12.4. The first kappa shape index (κ1) is 18.3. The van der Waals surface area contributed by atoms with E-state index in [4.69, 9.17) is 4.74 Å². The van der Waals surface area contributed by atoms with Gasteiger partial charge >= 0.3 is 6.09 Å². The lowest BCUT2D eigenvalue weighted by Gasteiger charge is -2.35. The summed E-state index contributed by atoms with van der Waals surface area (Å²) < 4.78 is 5.37. The Morgan fingerprint density at radius 2 is 1.62 bits per heavy atom. The zero-order valence-electron chi connectivity index (χ0n) is 15.2. The molecule has 5 nitrogen and oxygen atoms in total. The summed E-state index contributed by atoms with van der Waals surface area (Å²) in [4.78, 5) is 27.9. The second-order valence-electron chi connectivity index (χ2n) is 7.27. The molecule has 2 amide bonds. The number of carbonyl (C=O) groups is 2. The number of ether oxygens (including phenoxy) is 1. The lowest BCUT2D eigenvalue weighted by atomic mass is 10.0. The monoisotopic (exact) mass is 332 g/mol. The van der Waals surface area contributed by atoms with Crippen LogP contribution in [-0.2, 0) is 16.0 Å². The number of benzene rings is 1. The fourth-order valence-electron chi connectivity index (χ4n) is 2.76. The number of carbonyl (C=O) groups excluding carboxylic acids is 2. The van der Waals surface area contributed by atoms with Crippen LogP contribution in [0.15, 0.2) is 24.3 Å². The lowest BCUT2D eigenvalue weighted by Crippen LogP contribution is -2.51. The molecule has 0 aliphatic carbocycles. The highest BCUT2D eigenvalue weighted by atomic mass is 16.6. The van der Waals surface area contributed by atoms with E-state index in [-0.39, 0.29) is 12.0 Å². The minimum atomic E-state index is -0.489. The fourth-order valence-corrected chi connectivity index (χ4v) is 2.76. The average Bonchev–Trinajstić information content (AvgIpc) is 2.52. The van der Waals surface area contributed by atoms with Crippen molar-refractivity contribution < 1.29 is 14.3 Å². The van der Waals surface area contributed by atoms with Crippen LogP contribution < -0.4 is 0 Å². The first-order valence-corrected chi connectivity index (χ1v) is 8.56. The standard InChI is InChI=1S/C19H28N2O3/c1-15-7-5-6-8-16(15)9-10-17(22)20-11-13-21(14-12-20)18(23)24-19(2,3)4/h5-8H,9-14H2,1-4H3. The fraction of sp³-hybridized carbons (Fsp3) is 0.579. The van der Waals surface area contributed by atoms with Crippen LogP contribution in [0.25, 0.3) is 0 Å². The molecule has 0 unspecified atom stereocenters. The SMILES string of the molecule is Cc1ccccc1CCC(=O)N1CCN(C(=O)OC(C)(C)C)CC1. The molecular weight excluding hydrogens is 304 g/mol. The zero-order chi connectivity index (χ0) is 17.7. The molecule has 0 atom stereocenters. The Bertz CT molecular complexity index is 585. The van der Waals surface area contributed by atoms with Crippen molar-refractivity contribution in [1.82, 2.24) is 9.80 Å². The van der Waals surface area contributed by atoms with Gasteiger partial charge in [0, 0.05) is 32.6 Å². The van der Waals surface area contributed by atoms with Crippen LogP contribution in [0.1, 0.15) is 38.3 Å². The molecule has 0 aromatic heterocycles. The molecule has 2 rings (SSSR count). The molecule has 132 valence electrons. The van der Waals surface area contributed by atoms with Gasteiger partial charge in [0.05, 0.1) is 0 Å². The van der Waals surface area contributed by atoms with Crippen molar-refractivity contribution in [3.8, 4) is 0 Å². The van der Waals surface area contributed by atoms with E-state index in [0.717, 1.165) is 6.42 Å². The Labute approximate surface area is 144 Å². The zero-order valence-corrected chi connectivity index (χ0v) is 15.2. The van der Waals surface area contributed by atoms with Gasteiger partial charge in [-0.3, -0.25) is 4.79 Å². The van der Waals surface area contributed by atoms with Crippen molar-refractivity contribution in [2.75, 3.05) is 26.2 Å². The quantitative estimate of drug-likeness (QED) is 0.855. The molecule has 0 saturated carbocycles. The summed E-state index contributed by atoms with van der Waals surface area (Å²) in [6.07, 6.45) is 0.976. The summed E-state index contributed by atoms with van der Waals surface area (Å²) >= 11 is 0. The average molecular weight is 332 g/mol. The Kier molecular flexibility index (Phi) is 5.86. The van der Waals surface area contributed by atoms with Crippen LogP contribution in [0.2, 0.25) is 0 Å². The molecule has 1 aromatic carbocycles. The molecule has 5 heteroatoms. The minimum absolute atomic E-state index is 0.155. The van der Waals surface area contributed by atoms with E-state index >= 15 is 0 Å². The smallest absolute Gasteiger partial charge is 0.410 e. The highest BCUT2D eigenvalue weighted by molar-refractivity contribution is 5.77. The van der Waals surface area contributed by atoms with Crippen LogP contribution in [0.4, 0.5) is 4.79 Å². The predicted molar refractivity (Wildman–Crippen MR) is 93.9 cm³/mol. The maximum atomic E-state index is 12.4. The second-order valence-corrected chi connectivity index (χ2v) is 7.27. The van der Waals surface area contributed by atoms with Gasteiger partial charge in [-0.15, -0.1) is 0 Å². The number of hydrogen-bond donors (Lipinski definition) is 0. The van der Waals surface area contributed by atoms with Crippen molar-refractivity contribution in [2.45, 2.75) is 46.1 Å². The normalized spacial score (nSPS) is 15.3. The van der Waals surface area contributed by atoms with Gasteiger partial charge in [0.15, 0.2) is 0 Å². The van der Waals surface area contributed by atoms with Gasteiger partial charge < -0.3 is 14.5 Å². The largest absolute Gasteiger partial charge is 0.444 e. The first-order valence-electron chi connectivity index (χ1n) is 8.56. The summed E-state index contributed by atoms with van der Waals surface area (Å²) in [5.41, 5.74) is 1.95. The molecule has 0 N–H and O–H groups in total. The molecule has 0 spiro atoms. The number of nitrogens with zero attached hydrogens (tertiary/aromatic N) is 2. The summed E-state index contributed by atoms with van der Waals surface area (Å²) in [6.45, 7) is 9.86. The number of piperazine rings is 1. The van der Waals surface area contributed by atoms with Crippen LogP contribution in [0.5, 0.6) is 0 Å². The minimum Gasteiger partial charge on any atom is -0.444 e. The number of aryl methyl sites for hydroxylation is 2. The van der Waals surface area contributed by atoms with E-state index in [2.05, 4.69) is 19.1 Å². The molecular formula is C19H28N2O3. The maximum Gasteiger partial charge on any atom is 0.410 e. The van der Waals surface area contributed by atoms with Crippen molar-refractivity contribution >= 4 is 12.0 Å². The van der Waals surface area contributed by atoms with Gasteiger partial charge in [-0.25, -0.2) is 4.79 Å². The van der Waals surface area contributed by atoms with E-state index < -0.39 is 5.60 Å². The van der Waals surface area contributed by atoms with Crippen LogP contribution in [-0.4, -0.2) is 53.6 Å². The van der Waals surface area contributed by atoms with Crippen molar-refractivity contribution in [3.05, 3.63) is 35.4 Å². The summed E-state index contributed by atoms with van der Waals surface area (Å²) in [6, 6.07) is 8.16. The molecule has 0 bridgehead atoms. The number of hydrogen-bond acceptors (Lipinski definition) is 3. The Morgan fingerprint density at radius 3 is 2.21 bits per heavy atom. The first-order chi connectivity index (χ1) is 11.3. The third-order valence-corrected chi connectivity index (χ3v) is 4.15. The van der Waals surface area contributed by atoms with Gasteiger partial charge in [0.2, 0.25) is 5.91 Å². The van der Waals surface area contributed by atoms with E-state index in [1.165, 1.54) is 11.1 Å². The van der Waals surface area contributed by atoms with E-state index in [1.54, 1.807) is 4.90 Å². The van der Waals surface area contributed by atoms with Crippen LogP contribution >= 0.6 is 0 Å². The summed E-state index contributed by atoms with van der Waals surface area (Å²) in [7, 11) is 0. The highest BCUT2D eigenvalue weighted by Crippen LogP contribution is 2.14. The van der Waals surface area contributed by atoms with E-state index in [9.17, 15) is 9.59 Å². The van der Waals surface area contributed by atoms with Crippen LogP contribution in [0.3, 0.4) is 0 Å². The molecule has 1 saturated heterocycles. The summed E-state index contributed by atoms with van der Waals surface area (Å²) in [5, 5.41) is 0. The van der Waals surface area contributed by atoms with Gasteiger partial charge in [0.1, 0.15) is 5.60 Å². The number of rotatable bonds is 3. The Morgan fingerprint density at radius 1 is 1.04 bits per heavy atom. The molecule has 24 heavy (non-hydrogen) atoms. The lowest BCUT2D eigenvalue weighted by molar-refractivity contribution is -0.132. The van der Waals surface area contributed by atoms with Crippen molar-refractivity contribution in [1.29, 1.82) is 0 Å². The van der Waals surface area contributed by atoms with Crippen molar-refractivity contribution in [3.63, 3.8) is 0 Å². The molecule has 1 aliphatic rings. The Balaban J connectivity index is 1.78. The van der Waals surface area contributed by atoms with Crippen LogP contribution in [0, 0.1) is 6.92 Å². The highest BCUT2D eigenvalue weighted by Gasteiger charge is 2.27. The number of amides is 2.